The summed E-state index contributed by atoms with van der Waals surface area (Å²) in [6.07, 6.45) is 3.03. The molecule has 11 heteroatoms. The fourth-order valence-corrected chi connectivity index (χ4v) is 3.71. The van der Waals surface area contributed by atoms with Crippen LogP contribution in [-0.2, 0) is 16.4 Å². The number of halogens is 3. The van der Waals surface area contributed by atoms with E-state index in [1.807, 2.05) is 12.1 Å². The van der Waals surface area contributed by atoms with Gasteiger partial charge in [-0.3, -0.25) is 4.99 Å². The molecule has 2 rings (SSSR count). The molecule has 1 saturated heterocycles. The second-order valence-corrected chi connectivity index (χ2v) is 7.93. The van der Waals surface area contributed by atoms with E-state index in [0.29, 0.717) is 42.6 Å². The topological polar surface area (TPSA) is 86.9 Å². The number of nitrogens with zero attached hydrogens (tertiary/aromatic N) is 2. The fraction of sp³-hybridized carbons (Fsp3) is 0.667. The molecule has 0 bridgehead atoms. The van der Waals surface area contributed by atoms with E-state index >= 15 is 0 Å². The Bertz CT molecular complexity index is 681. The molecular formula is C15H23F3N4O3S. The van der Waals surface area contributed by atoms with E-state index in [0.717, 1.165) is 5.76 Å². The molecule has 2 N–H and O–H groups in total. The lowest BCUT2D eigenvalue weighted by molar-refractivity contribution is -0.0496. The molecule has 0 radical (unpaired) electrons. The van der Waals surface area contributed by atoms with E-state index in [-0.39, 0.29) is 19.0 Å². The number of nitrogens with one attached hydrogen (secondary N) is 2. The Morgan fingerprint density at radius 1 is 1.35 bits per heavy atom. The summed E-state index contributed by atoms with van der Waals surface area (Å²) in [4.78, 5) is 4.09. The molecule has 1 aromatic heterocycles. The number of aliphatic imine (C=N–C) groups is 1. The molecule has 0 amide bonds. The van der Waals surface area contributed by atoms with Crippen molar-refractivity contribution in [3.8, 4) is 0 Å². The summed E-state index contributed by atoms with van der Waals surface area (Å²) in [5, 5.41) is 6.25. The van der Waals surface area contributed by atoms with Gasteiger partial charge in [-0.2, -0.15) is 17.5 Å². The molecule has 2 heterocycles. The summed E-state index contributed by atoms with van der Waals surface area (Å²) in [6.45, 7) is 0.882. The van der Waals surface area contributed by atoms with Crippen LogP contribution < -0.4 is 10.6 Å². The van der Waals surface area contributed by atoms with Gasteiger partial charge in [0.05, 0.1) is 6.26 Å². The summed E-state index contributed by atoms with van der Waals surface area (Å²) in [5.41, 5.74) is -5.24. The maximum absolute atomic E-state index is 12.6. The average Bonchev–Trinajstić information content (AvgIpc) is 3.10. The number of alkyl halides is 3. The van der Waals surface area contributed by atoms with E-state index in [1.54, 1.807) is 13.3 Å². The lowest BCUT2D eigenvalue weighted by Gasteiger charge is -2.31. The van der Waals surface area contributed by atoms with Crippen LogP contribution in [0.25, 0.3) is 0 Å². The smallest absolute Gasteiger partial charge is 0.469 e. The van der Waals surface area contributed by atoms with E-state index < -0.39 is 15.5 Å². The lowest BCUT2D eigenvalue weighted by atomic mass is 9.98. The van der Waals surface area contributed by atoms with Crippen molar-refractivity contribution in [2.24, 2.45) is 10.9 Å². The van der Waals surface area contributed by atoms with Crippen molar-refractivity contribution in [1.82, 2.24) is 14.9 Å². The molecule has 0 saturated carbocycles. The van der Waals surface area contributed by atoms with Gasteiger partial charge in [0.2, 0.25) is 0 Å². The second-order valence-electron chi connectivity index (χ2n) is 6.00. The molecule has 0 spiro atoms. The van der Waals surface area contributed by atoms with Gasteiger partial charge in [0.15, 0.2) is 5.96 Å². The van der Waals surface area contributed by atoms with Gasteiger partial charge in [-0.1, -0.05) is 0 Å². The van der Waals surface area contributed by atoms with Gasteiger partial charge in [0.1, 0.15) is 5.76 Å². The SMILES string of the molecule is CN=C(NCCc1ccco1)NCC1CCN(S(=O)(=O)C(F)(F)F)CC1. The second kappa shape index (κ2) is 8.76. The van der Waals surface area contributed by atoms with Gasteiger partial charge in [-0.15, -0.1) is 0 Å². The maximum Gasteiger partial charge on any atom is 0.511 e. The first-order valence-electron chi connectivity index (χ1n) is 8.27. The van der Waals surface area contributed by atoms with Crippen LogP contribution in [0.3, 0.4) is 0 Å². The predicted octanol–water partition coefficient (Wildman–Crippen LogP) is 1.55. The third-order valence-corrected chi connectivity index (χ3v) is 5.86. The summed E-state index contributed by atoms with van der Waals surface area (Å²) >= 11 is 0. The molecule has 1 aliphatic rings. The average molecular weight is 396 g/mol. The fourth-order valence-electron chi connectivity index (χ4n) is 2.72. The molecule has 7 nitrogen and oxygen atoms in total. The zero-order valence-corrected chi connectivity index (χ0v) is 15.2. The van der Waals surface area contributed by atoms with Crippen molar-refractivity contribution >= 4 is 16.0 Å². The Morgan fingerprint density at radius 3 is 2.58 bits per heavy atom. The highest BCUT2D eigenvalue weighted by atomic mass is 32.2. The van der Waals surface area contributed by atoms with Crippen molar-refractivity contribution in [3.63, 3.8) is 0 Å². The lowest BCUT2D eigenvalue weighted by Crippen LogP contribution is -2.47. The Kier molecular flexibility index (Phi) is 6.93. The third kappa shape index (κ3) is 5.37. The number of hydrogen-bond acceptors (Lipinski definition) is 4. The first kappa shape index (κ1) is 20.6. The van der Waals surface area contributed by atoms with Gasteiger partial charge in [-0.05, 0) is 30.9 Å². The summed E-state index contributed by atoms with van der Waals surface area (Å²) in [5.74, 6) is 1.52. The minimum absolute atomic E-state index is 0.0818. The first-order valence-corrected chi connectivity index (χ1v) is 9.71. The number of sulfonamides is 1. The van der Waals surface area contributed by atoms with Crippen molar-refractivity contribution in [1.29, 1.82) is 0 Å². The summed E-state index contributed by atoms with van der Waals surface area (Å²) < 4.78 is 66.2. The van der Waals surface area contributed by atoms with Gasteiger partial charge in [0, 0.05) is 39.6 Å². The molecule has 148 valence electrons. The highest BCUT2D eigenvalue weighted by Gasteiger charge is 2.50. The van der Waals surface area contributed by atoms with Crippen molar-refractivity contribution in [2.75, 3.05) is 33.2 Å². The van der Waals surface area contributed by atoms with Crippen molar-refractivity contribution in [3.05, 3.63) is 24.2 Å². The molecule has 0 aliphatic carbocycles. The normalized spacial score (nSPS) is 18.1. The standard InChI is InChI=1S/C15H23F3N4O3S/c1-19-14(20-7-4-13-3-2-10-25-13)21-11-12-5-8-22(9-6-12)26(23,24)15(16,17)18/h2-3,10,12H,4-9,11H2,1H3,(H2,19,20,21). The van der Waals surface area contributed by atoms with Crippen LogP contribution in [0.5, 0.6) is 0 Å². The summed E-state index contributed by atoms with van der Waals surface area (Å²) in [6, 6.07) is 3.69. The molecule has 26 heavy (non-hydrogen) atoms. The summed E-state index contributed by atoms with van der Waals surface area (Å²) in [7, 11) is -3.60. The molecule has 1 aliphatic heterocycles. The largest absolute Gasteiger partial charge is 0.511 e. The van der Waals surface area contributed by atoms with Crippen LogP contribution in [0.4, 0.5) is 13.2 Å². The number of furan rings is 1. The quantitative estimate of drug-likeness (QED) is 0.563. The molecule has 1 aromatic rings. The zero-order valence-electron chi connectivity index (χ0n) is 14.4. The minimum Gasteiger partial charge on any atom is -0.469 e. The third-order valence-electron chi connectivity index (χ3n) is 4.23. The molecule has 0 unspecified atom stereocenters. The van der Waals surface area contributed by atoms with Gasteiger partial charge in [-0.25, -0.2) is 8.42 Å². The molecule has 0 atom stereocenters. The highest BCUT2D eigenvalue weighted by Crippen LogP contribution is 2.30. The first-order chi connectivity index (χ1) is 12.2. The van der Waals surface area contributed by atoms with E-state index in [1.165, 1.54) is 0 Å². The van der Waals surface area contributed by atoms with E-state index in [2.05, 4.69) is 15.6 Å². The number of piperidine rings is 1. The number of rotatable bonds is 6. The van der Waals surface area contributed by atoms with Gasteiger partial charge < -0.3 is 15.1 Å². The monoisotopic (exact) mass is 396 g/mol. The van der Waals surface area contributed by atoms with Crippen molar-refractivity contribution in [2.45, 2.75) is 24.8 Å². The van der Waals surface area contributed by atoms with E-state index in [4.69, 9.17) is 4.42 Å². The van der Waals surface area contributed by atoms with Crippen LogP contribution in [0.15, 0.2) is 27.8 Å². The van der Waals surface area contributed by atoms with E-state index in [9.17, 15) is 21.6 Å². The molecule has 1 fully saturated rings. The Labute approximate surface area is 150 Å². The minimum atomic E-state index is -5.24. The number of hydrogen-bond donors (Lipinski definition) is 2. The number of guanidine groups is 1. The van der Waals surface area contributed by atoms with Crippen LogP contribution in [0.2, 0.25) is 0 Å². The van der Waals surface area contributed by atoms with Crippen LogP contribution >= 0.6 is 0 Å². The zero-order chi connectivity index (χ0) is 19.2. The molecule has 0 aromatic carbocycles. The van der Waals surface area contributed by atoms with Gasteiger partial charge >= 0.3 is 15.5 Å². The van der Waals surface area contributed by atoms with Gasteiger partial charge in [0.25, 0.3) is 0 Å². The Balaban J connectivity index is 1.71. The van der Waals surface area contributed by atoms with Crippen molar-refractivity contribution < 1.29 is 26.0 Å². The van der Waals surface area contributed by atoms with Crippen LogP contribution in [0.1, 0.15) is 18.6 Å². The molecular weight excluding hydrogens is 373 g/mol. The van der Waals surface area contributed by atoms with Crippen LogP contribution in [0, 0.1) is 5.92 Å². The Morgan fingerprint density at radius 2 is 2.04 bits per heavy atom. The Hall–Kier alpha value is -1.75. The predicted molar refractivity (Wildman–Crippen MR) is 91.0 cm³/mol. The highest BCUT2D eigenvalue weighted by molar-refractivity contribution is 7.90. The maximum atomic E-state index is 12.6. The van der Waals surface area contributed by atoms with Crippen LogP contribution in [-0.4, -0.2) is 57.4 Å².